The van der Waals surface area contributed by atoms with Crippen LogP contribution in [-0.4, -0.2) is 58.8 Å². The molecule has 1 aliphatic rings. The minimum absolute atomic E-state index is 0.0543. The fourth-order valence-corrected chi connectivity index (χ4v) is 7.24. The van der Waals surface area contributed by atoms with Crippen molar-refractivity contribution >= 4 is 43.2 Å². The minimum Gasteiger partial charge on any atom is -0.376 e. The Morgan fingerprint density at radius 2 is 1.78 bits per heavy atom. The molecule has 6 nitrogen and oxygen atoms in total. The lowest BCUT2D eigenvalue weighted by molar-refractivity contribution is -0.258. The molecule has 2 aromatic carbocycles. The van der Waals surface area contributed by atoms with E-state index in [1.165, 1.54) is 46.8 Å². The van der Waals surface area contributed by atoms with E-state index in [-0.39, 0.29) is 51.1 Å². The van der Waals surface area contributed by atoms with Gasteiger partial charge in [-0.15, -0.1) is 11.3 Å². The van der Waals surface area contributed by atoms with Crippen molar-refractivity contribution in [1.29, 1.82) is 0 Å². The molecule has 0 aliphatic carbocycles. The number of piperazine rings is 1. The van der Waals surface area contributed by atoms with Crippen molar-refractivity contribution in [2.24, 2.45) is 0 Å². The Balaban J connectivity index is 1.74. The number of hydrogen-bond donors (Lipinski definition) is 1. The number of hydrogen-bond acceptors (Lipinski definition) is 6. The second-order valence-corrected chi connectivity index (χ2v) is 12.3. The number of alkyl halides is 3. The maximum Gasteiger partial charge on any atom is 0.421 e. The molecule has 13 heteroatoms. The molecule has 0 bridgehead atoms. The average Bonchev–Trinajstić information content (AvgIpc) is 3.40. The number of sulfonamides is 1. The van der Waals surface area contributed by atoms with Crippen LogP contribution in [-0.2, 0) is 26.9 Å². The zero-order valence-corrected chi connectivity index (χ0v) is 21.8. The first-order valence-electron chi connectivity index (χ1n) is 11.0. The molecule has 0 amide bonds. The molecule has 1 N–H and O–H groups in total. The first-order valence-corrected chi connectivity index (χ1v) is 14.0. The summed E-state index contributed by atoms with van der Waals surface area (Å²) in [7, 11) is -3.86. The highest BCUT2D eigenvalue weighted by Crippen LogP contribution is 2.39. The van der Waals surface area contributed by atoms with E-state index in [2.05, 4.69) is 0 Å². The number of anilines is 1. The molecule has 1 aromatic heterocycles. The lowest BCUT2D eigenvalue weighted by Crippen LogP contribution is -2.58. The molecule has 0 unspecified atom stereocenters. The Morgan fingerprint density at radius 1 is 1.08 bits per heavy atom. The zero-order chi connectivity index (χ0) is 27.0. The third-order valence-electron chi connectivity index (χ3n) is 6.25. The van der Waals surface area contributed by atoms with E-state index in [9.17, 15) is 35.3 Å². The number of aliphatic hydroxyl groups is 1. The van der Waals surface area contributed by atoms with Gasteiger partial charge in [-0.3, -0.25) is 0 Å². The Morgan fingerprint density at radius 3 is 2.35 bits per heavy atom. The monoisotopic (exact) mass is 574 g/mol. The molecule has 1 fully saturated rings. The van der Waals surface area contributed by atoms with Gasteiger partial charge in [0.05, 0.1) is 22.2 Å². The maximum atomic E-state index is 14.0. The summed E-state index contributed by atoms with van der Waals surface area (Å²) in [5.74, 6) is -0.576. The van der Waals surface area contributed by atoms with Crippen molar-refractivity contribution in [2.75, 3.05) is 24.5 Å². The summed E-state index contributed by atoms with van der Waals surface area (Å²) in [5.41, 5.74) is -2.74. The Kier molecular flexibility index (Phi) is 7.64. The molecule has 1 saturated heterocycles. The van der Waals surface area contributed by atoms with Crippen LogP contribution in [0.3, 0.4) is 0 Å². The number of nitrogens with zero attached hydrogens (tertiary/aromatic N) is 2. The average molecular weight is 575 g/mol. The van der Waals surface area contributed by atoms with Gasteiger partial charge < -0.3 is 10.0 Å². The number of halogens is 4. The molecule has 4 rings (SSSR count). The van der Waals surface area contributed by atoms with Gasteiger partial charge in [-0.25, -0.2) is 17.0 Å². The third-order valence-corrected chi connectivity index (χ3v) is 10.2. The fourth-order valence-electron chi connectivity index (χ4n) is 4.13. The molecule has 37 heavy (non-hydrogen) atoms. The molecule has 198 valence electrons. The minimum atomic E-state index is -4.89. The van der Waals surface area contributed by atoms with Crippen LogP contribution in [0.1, 0.15) is 18.1 Å². The van der Waals surface area contributed by atoms with Crippen LogP contribution in [0.25, 0.3) is 0 Å². The maximum absolute atomic E-state index is 14.0. The summed E-state index contributed by atoms with van der Waals surface area (Å²) in [6, 6.07) is 12.6. The van der Waals surface area contributed by atoms with Crippen LogP contribution in [0, 0.1) is 5.82 Å². The summed E-state index contributed by atoms with van der Waals surface area (Å²) in [6.07, 6.45) is -4.89. The van der Waals surface area contributed by atoms with Gasteiger partial charge in [0, 0.05) is 25.3 Å². The second kappa shape index (κ2) is 10.3. The lowest BCUT2D eigenvalue weighted by Gasteiger charge is -2.42. The summed E-state index contributed by atoms with van der Waals surface area (Å²) >= 11 is 1.17. The van der Waals surface area contributed by atoms with Crippen molar-refractivity contribution in [2.45, 2.75) is 29.0 Å². The molecule has 0 spiro atoms. The van der Waals surface area contributed by atoms with E-state index in [1.807, 2.05) is 0 Å². The van der Waals surface area contributed by atoms with E-state index in [1.54, 1.807) is 16.3 Å². The van der Waals surface area contributed by atoms with Gasteiger partial charge in [-0.1, -0.05) is 30.3 Å². The first kappa shape index (κ1) is 27.5. The van der Waals surface area contributed by atoms with Crippen LogP contribution in [0.5, 0.6) is 0 Å². The van der Waals surface area contributed by atoms with Crippen molar-refractivity contribution < 1.29 is 35.3 Å². The van der Waals surface area contributed by atoms with Gasteiger partial charge in [0.2, 0.25) is 0 Å². The van der Waals surface area contributed by atoms with Gasteiger partial charge in [-0.05, 0) is 53.8 Å². The fraction of sp³-hybridized carbons (Fsp3) is 0.292. The van der Waals surface area contributed by atoms with Crippen LogP contribution >= 0.6 is 11.3 Å². The summed E-state index contributed by atoms with van der Waals surface area (Å²) in [6.45, 7) is 0.689. The van der Waals surface area contributed by atoms with Crippen LogP contribution in [0.2, 0.25) is 0 Å². The lowest BCUT2D eigenvalue weighted by atomic mass is 9.94. The highest BCUT2D eigenvalue weighted by Gasteiger charge is 2.51. The SMILES string of the molecule is C[C@](O)(c1ccc(N2CCN(S(=O)(=O)c3cccs3)C[C@@H]2C(=S=O)c2cccc(F)c2)cc1)C(F)(F)F. The van der Waals surface area contributed by atoms with Gasteiger partial charge in [0.25, 0.3) is 10.0 Å². The molecule has 0 radical (unpaired) electrons. The van der Waals surface area contributed by atoms with Crippen LogP contribution < -0.4 is 4.90 Å². The molecule has 2 heterocycles. The highest BCUT2D eigenvalue weighted by molar-refractivity contribution is 7.91. The van der Waals surface area contributed by atoms with E-state index in [0.29, 0.717) is 12.6 Å². The molecule has 3 aromatic rings. The van der Waals surface area contributed by atoms with Crippen molar-refractivity contribution in [3.8, 4) is 0 Å². The number of benzene rings is 2. The molecule has 1 aliphatic heterocycles. The Labute approximate surface area is 218 Å². The molecular formula is C24H22F4N2O4S3. The summed E-state index contributed by atoms with van der Waals surface area (Å²) in [4.78, 5) is 1.87. The van der Waals surface area contributed by atoms with E-state index in [4.69, 9.17) is 0 Å². The number of thiophene rings is 1. The third kappa shape index (κ3) is 5.36. The van der Waals surface area contributed by atoms with Crippen molar-refractivity contribution in [1.82, 2.24) is 4.31 Å². The predicted octanol–water partition coefficient (Wildman–Crippen LogP) is 3.97. The Bertz CT molecular complexity index is 1420. The van der Waals surface area contributed by atoms with E-state index < -0.39 is 33.7 Å². The molecular weight excluding hydrogens is 552 g/mol. The standard InChI is InChI=1S/C24H22F4N2O4S3/c1-23(31,24(26,27)28)17-7-9-19(10-8-17)30-12-11-29(37(33,34)21-6-3-13-35-21)15-20(30)22(36-32)16-4-2-5-18(25)14-16/h2-10,13-14,20,31H,11-12,15H2,1H3/t20-,23+/m1/s1. The summed E-state index contributed by atoms with van der Waals surface area (Å²) < 4.78 is 94.0. The van der Waals surface area contributed by atoms with Gasteiger partial charge in [0.15, 0.2) is 5.60 Å². The van der Waals surface area contributed by atoms with E-state index >= 15 is 0 Å². The zero-order valence-electron chi connectivity index (χ0n) is 19.4. The molecule has 2 atom stereocenters. The molecule has 0 saturated carbocycles. The predicted molar refractivity (Wildman–Crippen MR) is 135 cm³/mol. The first-order chi connectivity index (χ1) is 17.4. The van der Waals surface area contributed by atoms with Gasteiger partial charge >= 0.3 is 6.18 Å². The highest BCUT2D eigenvalue weighted by atomic mass is 32.2. The van der Waals surface area contributed by atoms with Crippen molar-refractivity contribution in [3.63, 3.8) is 0 Å². The van der Waals surface area contributed by atoms with E-state index in [0.717, 1.165) is 23.5 Å². The van der Waals surface area contributed by atoms with Gasteiger partial charge in [-0.2, -0.15) is 17.5 Å². The summed E-state index contributed by atoms with van der Waals surface area (Å²) in [5, 5.41) is 11.6. The quantitative estimate of drug-likeness (QED) is 0.274. The van der Waals surface area contributed by atoms with Crippen LogP contribution in [0.15, 0.2) is 70.3 Å². The topological polar surface area (TPSA) is 77.9 Å². The largest absolute Gasteiger partial charge is 0.421 e. The second-order valence-electron chi connectivity index (χ2n) is 8.58. The normalized spacial score (nSPS) is 18.9. The number of rotatable bonds is 6. The van der Waals surface area contributed by atoms with Crippen molar-refractivity contribution in [3.05, 3.63) is 83.0 Å². The van der Waals surface area contributed by atoms with Gasteiger partial charge in [0.1, 0.15) is 10.0 Å². The van der Waals surface area contributed by atoms with Crippen LogP contribution in [0.4, 0.5) is 23.2 Å². The smallest absolute Gasteiger partial charge is 0.376 e. The Hall–Kier alpha value is -2.58.